The average Bonchev–Trinajstić information content (AvgIpc) is 3.37. The fraction of sp³-hybridized carbons (Fsp3) is 0.0588. The highest BCUT2D eigenvalue weighted by Gasteiger charge is 2.13. The Morgan fingerprint density at radius 1 is 1.27 bits per heavy atom. The van der Waals surface area contributed by atoms with Crippen LogP contribution >= 0.6 is 38.6 Å². The molecule has 3 heterocycles. The predicted molar refractivity (Wildman–Crippen MR) is 107 cm³/mol. The molecule has 0 saturated heterocycles. The SMILES string of the molecule is O=C(Cc1csc(-c2cccs2)n1)Nc1cc(Br)ccc1-n1cncn1. The standard InChI is InChI=1S/C17H12BrN5OS2/c18-11-3-4-14(23-10-19-9-20-23)13(6-11)22-16(24)7-12-8-26-17(21-12)15-2-1-5-25-15/h1-6,8-10H,7H2,(H,22,24). The van der Waals surface area contributed by atoms with E-state index in [0.717, 1.165) is 25.7 Å². The van der Waals surface area contributed by atoms with E-state index in [-0.39, 0.29) is 12.3 Å². The second-order valence-electron chi connectivity index (χ2n) is 5.35. The zero-order valence-corrected chi connectivity index (χ0v) is 16.5. The molecule has 0 saturated carbocycles. The topological polar surface area (TPSA) is 72.7 Å². The van der Waals surface area contributed by atoms with E-state index in [1.807, 2.05) is 41.1 Å². The molecule has 3 aromatic heterocycles. The Bertz CT molecular complexity index is 1030. The van der Waals surface area contributed by atoms with Crippen LogP contribution in [0.2, 0.25) is 0 Å². The van der Waals surface area contributed by atoms with Gasteiger partial charge in [0.25, 0.3) is 0 Å². The smallest absolute Gasteiger partial charge is 0.230 e. The summed E-state index contributed by atoms with van der Waals surface area (Å²) >= 11 is 6.62. The molecule has 26 heavy (non-hydrogen) atoms. The summed E-state index contributed by atoms with van der Waals surface area (Å²) in [6, 6.07) is 9.62. The summed E-state index contributed by atoms with van der Waals surface area (Å²) in [7, 11) is 0. The first-order valence-corrected chi connectivity index (χ1v) is 10.2. The number of rotatable bonds is 5. The lowest BCUT2D eigenvalue weighted by molar-refractivity contribution is -0.115. The number of carbonyl (C=O) groups excluding carboxylic acids is 1. The fourth-order valence-corrected chi connectivity index (χ4v) is 4.40. The number of carbonyl (C=O) groups is 1. The maximum absolute atomic E-state index is 12.5. The molecule has 0 aliphatic carbocycles. The third-order valence-corrected chi connectivity index (χ3v) is 5.95. The van der Waals surface area contributed by atoms with Gasteiger partial charge in [-0.25, -0.2) is 14.6 Å². The summed E-state index contributed by atoms with van der Waals surface area (Å²) in [5.41, 5.74) is 2.16. The van der Waals surface area contributed by atoms with Crippen LogP contribution in [0.25, 0.3) is 15.6 Å². The zero-order valence-electron chi connectivity index (χ0n) is 13.3. The quantitative estimate of drug-likeness (QED) is 0.494. The Morgan fingerprint density at radius 3 is 2.96 bits per heavy atom. The molecule has 130 valence electrons. The lowest BCUT2D eigenvalue weighted by Crippen LogP contribution is -2.16. The van der Waals surface area contributed by atoms with Crippen LogP contribution in [0, 0.1) is 0 Å². The van der Waals surface area contributed by atoms with Crippen LogP contribution in [0.5, 0.6) is 0 Å². The molecular formula is C17H12BrN5OS2. The lowest BCUT2D eigenvalue weighted by Gasteiger charge is -2.11. The Kier molecular flexibility index (Phi) is 4.91. The molecule has 0 atom stereocenters. The van der Waals surface area contributed by atoms with Gasteiger partial charge in [0.1, 0.15) is 17.7 Å². The van der Waals surface area contributed by atoms with Crippen molar-refractivity contribution in [2.75, 3.05) is 5.32 Å². The summed E-state index contributed by atoms with van der Waals surface area (Å²) in [6.45, 7) is 0. The van der Waals surface area contributed by atoms with Crippen LogP contribution in [0.15, 0.2) is 58.2 Å². The largest absolute Gasteiger partial charge is 0.324 e. The van der Waals surface area contributed by atoms with Crippen molar-refractivity contribution in [3.8, 4) is 15.6 Å². The molecule has 6 nitrogen and oxygen atoms in total. The molecule has 1 N–H and O–H groups in total. The minimum absolute atomic E-state index is 0.132. The average molecular weight is 446 g/mol. The minimum Gasteiger partial charge on any atom is -0.324 e. The van der Waals surface area contributed by atoms with Crippen molar-refractivity contribution in [3.63, 3.8) is 0 Å². The van der Waals surface area contributed by atoms with Crippen molar-refractivity contribution in [1.29, 1.82) is 0 Å². The Hall–Kier alpha value is -2.36. The van der Waals surface area contributed by atoms with Gasteiger partial charge in [0, 0.05) is 9.85 Å². The van der Waals surface area contributed by atoms with Crippen LogP contribution in [-0.2, 0) is 11.2 Å². The number of thiazole rings is 1. The molecule has 1 amide bonds. The third-order valence-electron chi connectivity index (χ3n) is 3.52. The van der Waals surface area contributed by atoms with Gasteiger partial charge >= 0.3 is 0 Å². The van der Waals surface area contributed by atoms with Crippen LogP contribution in [0.4, 0.5) is 5.69 Å². The van der Waals surface area contributed by atoms with E-state index >= 15 is 0 Å². The maximum Gasteiger partial charge on any atom is 0.230 e. The van der Waals surface area contributed by atoms with Gasteiger partial charge in [-0.3, -0.25) is 4.79 Å². The number of aromatic nitrogens is 4. The van der Waals surface area contributed by atoms with E-state index in [0.29, 0.717) is 5.69 Å². The van der Waals surface area contributed by atoms with Crippen molar-refractivity contribution in [2.24, 2.45) is 0 Å². The summed E-state index contributed by atoms with van der Waals surface area (Å²) in [5.74, 6) is -0.132. The van der Waals surface area contributed by atoms with E-state index in [1.165, 1.54) is 6.33 Å². The number of halogens is 1. The van der Waals surface area contributed by atoms with E-state index in [1.54, 1.807) is 33.7 Å². The van der Waals surface area contributed by atoms with Crippen molar-refractivity contribution in [2.45, 2.75) is 6.42 Å². The van der Waals surface area contributed by atoms with Crippen molar-refractivity contribution in [3.05, 3.63) is 63.9 Å². The number of nitrogens with zero attached hydrogens (tertiary/aromatic N) is 4. The van der Waals surface area contributed by atoms with Gasteiger partial charge in [-0.15, -0.1) is 22.7 Å². The molecule has 0 bridgehead atoms. The summed E-state index contributed by atoms with van der Waals surface area (Å²) in [5, 5.41) is 12.0. The van der Waals surface area contributed by atoms with Crippen LogP contribution in [0.1, 0.15) is 5.69 Å². The number of hydrogen-bond donors (Lipinski definition) is 1. The lowest BCUT2D eigenvalue weighted by atomic mass is 10.2. The number of hydrogen-bond acceptors (Lipinski definition) is 6. The van der Waals surface area contributed by atoms with Gasteiger partial charge < -0.3 is 5.32 Å². The molecule has 0 fully saturated rings. The molecule has 0 aliphatic heterocycles. The molecule has 4 rings (SSSR count). The second-order valence-corrected chi connectivity index (χ2v) is 8.07. The normalized spacial score (nSPS) is 10.8. The van der Waals surface area contributed by atoms with Gasteiger partial charge in [-0.2, -0.15) is 5.10 Å². The maximum atomic E-state index is 12.5. The third kappa shape index (κ3) is 3.74. The second kappa shape index (κ2) is 7.48. The van der Waals surface area contributed by atoms with Crippen LogP contribution < -0.4 is 5.32 Å². The zero-order chi connectivity index (χ0) is 17.9. The summed E-state index contributed by atoms with van der Waals surface area (Å²) in [4.78, 5) is 22.1. The molecule has 1 aromatic carbocycles. The highest BCUT2D eigenvalue weighted by Crippen LogP contribution is 2.28. The Balaban J connectivity index is 1.51. The van der Waals surface area contributed by atoms with Crippen molar-refractivity contribution < 1.29 is 4.79 Å². The predicted octanol–water partition coefficient (Wildman–Crippen LogP) is 4.40. The molecular weight excluding hydrogens is 434 g/mol. The Morgan fingerprint density at radius 2 is 2.19 bits per heavy atom. The van der Waals surface area contributed by atoms with E-state index in [4.69, 9.17) is 0 Å². The van der Waals surface area contributed by atoms with E-state index in [9.17, 15) is 4.79 Å². The highest BCUT2D eigenvalue weighted by atomic mass is 79.9. The summed E-state index contributed by atoms with van der Waals surface area (Å²) in [6.07, 6.45) is 3.26. The molecule has 0 spiro atoms. The van der Waals surface area contributed by atoms with Gasteiger partial charge in [0.15, 0.2) is 0 Å². The van der Waals surface area contributed by atoms with Gasteiger partial charge in [-0.05, 0) is 29.6 Å². The van der Waals surface area contributed by atoms with Crippen LogP contribution in [-0.4, -0.2) is 25.7 Å². The molecule has 0 aliphatic rings. The fourth-order valence-electron chi connectivity index (χ4n) is 2.40. The first kappa shape index (κ1) is 17.1. The van der Waals surface area contributed by atoms with E-state index in [2.05, 4.69) is 36.3 Å². The van der Waals surface area contributed by atoms with Crippen molar-refractivity contribution in [1.82, 2.24) is 19.7 Å². The number of nitrogens with one attached hydrogen (secondary N) is 1. The number of anilines is 1. The monoisotopic (exact) mass is 445 g/mol. The first-order valence-electron chi connectivity index (χ1n) is 7.62. The van der Waals surface area contributed by atoms with E-state index < -0.39 is 0 Å². The van der Waals surface area contributed by atoms with Crippen molar-refractivity contribution >= 4 is 50.2 Å². The van der Waals surface area contributed by atoms with Crippen LogP contribution in [0.3, 0.4) is 0 Å². The summed E-state index contributed by atoms with van der Waals surface area (Å²) < 4.78 is 2.48. The van der Waals surface area contributed by atoms with Gasteiger partial charge in [-0.1, -0.05) is 22.0 Å². The molecule has 9 heteroatoms. The highest BCUT2D eigenvalue weighted by molar-refractivity contribution is 9.10. The minimum atomic E-state index is -0.132. The molecule has 4 aromatic rings. The van der Waals surface area contributed by atoms with Gasteiger partial charge in [0.2, 0.25) is 5.91 Å². The number of amides is 1. The number of benzene rings is 1. The molecule has 0 unspecified atom stereocenters. The van der Waals surface area contributed by atoms with Gasteiger partial charge in [0.05, 0.1) is 28.4 Å². The first-order chi connectivity index (χ1) is 12.7. The molecule has 0 radical (unpaired) electrons. The Labute approximate surface area is 165 Å². The number of thiophene rings is 1.